The van der Waals surface area contributed by atoms with Crippen LogP contribution in [0.25, 0.3) is 0 Å². The lowest BCUT2D eigenvalue weighted by Crippen LogP contribution is -2.32. The number of carbonyl (C=O) groups is 2. The molecule has 0 aliphatic rings. The summed E-state index contributed by atoms with van der Waals surface area (Å²) in [6, 6.07) is 15.6. The first-order chi connectivity index (χ1) is 13.0. The molecule has 2 aromatic carbocycles. The van der Waals surface area contributed by atoms with Crippen molar-refractivity contribution in [1.29, 1.82) is 0 Å². The van der Waals surface area contributed by atoms with Crippen LogP contribution in [-0.2, 0) is 9.59 Å². The molecule has 0 spiro atoms. The molecule has 0 bridgehead atoms. The van der Waals surface area contributed by atoms with E-state index in [1.165, 1.54) is 6.92 Å². The number of hydrogen-bond acceptors (Lipinski definition) is 3. The predicted molar refractivity (Wildman–Crippen MR) is 112 cm³/mol. The zero-order valence-corrected chi connectivity index (χ0v) is 16.7. The van der Waals surface area contributed by atoms with Gasteiger partial charge in [-0.1, -0.05) is 18.2 Å². The second-order valence-electron chi connectivity index (χ2n) is 6.47. The maximum absolute atomic E-state index is 12.3. The molecule has 2 aromatic rings. The highest BCUT2D eigenvalue weighted by Crippen LogP contribution is 2.21. The molecule has 5 nitrogen and oxygen atoms in total. The zero-order valence-electron chi connectivity index (χ0n) is 16.7. The lowest BCUT2D eigenvalue weighted by Gasteiger charge is -2.24. The van der Waals surface area contributed by atoms with Crippen molar-refractivity contribution in [3.63, 3.8) is 0 Å². The number of para-hydroxylation sites is 1. The van der Waals surface area contributed by atoms with Gasteiger partial charge in [-0.3, -0.25) is 9.59 Å². The highest BCUT2D eigenvalue weighted by molar-refractivity contribution is 5.95. The fourth-order valence-corrected chi connectivity index (χ4v) is 3.04. The number of rotatable bonds is 8. The van der Waals surface area contributed by atoms with E-state index in [-0.39, 0.29) is 18.2 Å². The molecule has 0 saturated carbocycles. The third-order valence-electron chi connectivity index (χ3n) is 4.65. The molecule has 0 fully saturated rings. The number of carbonyl (C=O) groups excluding carboxylic acids is 2. The fourth-order valence-electron chi connectivity index (χ4n) is 3.04. The van der Waals surface area contributed by atoms with Gasteiger partial charge >= 0.3 is 0 Å². The first kappa shape index (κ1) is 20.5. The van der Waals surface area contributed by atoms with Crippen molar-refractivity contribution in [2.45, 2.75) is 34.1 Å². The van der Waals surface area contributed by atoms with Crippen molar-refractivity contribution >= 4 is 28.9 Å². The van der Waals surface area contributed by atoms with Gasteiger partial charge in [0, 0.05) is 50.0 Å². The summed E-state index contributed by atoms with van der Waals surface area (Å²) in [5.74, 6) is -0.176. The number of nitrogens with zero attached hydrogens (tertiary/aromatic N) is 2. The summed E-state index contributed by atoms with van der Waals surface area (Å²) in [6.07, 6.45) is 0.242. The van der Waals surface area contributed by atoms with Gasteiger partial charge in [-0.05, 0) is 56.7 Å². The number of amides is 2. The predicted octanol–water partition coefficient (Wildman–Crippen LogP) is 4.22. The van der Waals surface area contributed by atoms with E-state index in [1.807, 2.05) is 55.5 Å². The second kappa shape index (κ2) is 9.76. The molecule has 0 aliphatic carbocycles. The van der Waals surface area contributed by atoms with Crippen LogP contribution < -0.4 is 15.1 Å². The summed E-state index contributed by atoms with van der Waals surface area (Å²) in [4.78, 5) is 28.3. The van der Waals surface area contributed by atoms with Gasteiger partial charge in [-0.25, -0.2) is 0 Å². The van der Waals surface area contributed by atoms with Crippen LogP contribution in [0.5, 0.6) is 0 Å². The summed E-state index contributed by atoms with van der Waals surface area (Å²) in [7, 11) is 0. The van der Waals surface area contributed by atoms with Crippen LogP contribution in [0.1, 0.15) is 32.8 Å². The Kier molecular flexibility index (Phi) is 7.41. The van der Waals surface area contributed by atoms with Crippen LogP contribution >= 0.6 is 0 Å². The smallest absolute Gasteiger partial charge is 0.226 e. The Morgan fingerprint density at radius 2 is 1.52 bits per heavy atom. The van der Waals surface area contributed by atoms with Crippen molar-refractivity contribution in [2.24, 2.45) is 0 Å². The maximum atomic E-state index is 12.3. The van der Waals surface area contributed by atoms with Gasteiger partial charge in [0.2, 0.25) is 11.8 Å². The van der Waals surface area contributed by atoms with Crippen molar-refractivity contribution in [1.82, 2.24) is 0 Å². The molecule has 5 heteroatoms. The van der Waals surface area contributed by atoms with Crippen molar-refractivity contribution in [2.75, 3.05) is 34.8 Å². The number of aryl methyl sites for hydroxylation is 1. The summed E-state index contributed by atoms with van der Waals surface area (Å²) in [6.45, 7) is 9.93. The lowest BCUT2D eigenvalue weighted by molar-refractivity contribution is -0.117. The molecule has 0 heterocycles. The lowest BCUT2D eigenvalue weighted by atomic mass is 10.2. The van der Waals surface area contributed by atoms with E-state index in [0.717, 1.165) is 35.7 Å². The van der Waals surface area contributed by atoms with Crippen molar-refractivity contribution in [3.8, 4) is 0 Å². The molecule has 0 atom stereocenters. The van der Waals surface area contributed by atoms with Crippen LogP contribution in [0.2, 0.25) is 0 Å². The highest BCUT2D eigenvalue weighted by atomic mass is 16.2. The van der Waals surface area contributed by atoms with Crippen LogP contribution in [0, 0.1) is 6.92 Å². The molecule has 0 aromatic heterocycles. The van der Waals surface area contributed by atoms with Gasteiger partial charge in [0.15, 0.2) is 0 Å². The Labute approximate surface area is 162 Å². The fraction of sp³-hybridized carbons (Fsp3) is 0.364. The van der Waals surface area contributed by atoms with Gasteiger partial charge in [-0.15, -0.1) is 0 Å². The van der Waals surface area contributed by atoms with Gasteiger partial charge in [0.1, 0.15) is 0 Å². The third kappa shape index (κ3) is 5.58. The normalized spacial score (nSPS) is 10.4. The topological polar surface area (TPSA) is 52.6 Å². The Balaban J connectivity index is 2.02. The first-order valence-electron chi connectivity index (χ1n) is 9.44. The monoisotopic (exact) mass is 367 g/mol. The van der Waals surface area contributed by atoms with E-state index >= 15 is 0 Å². The minimum Gasteiger partial charge on any atom is -0.372 e. The molecule has 0 unspecified atom stereocenters. The quantitative estimate of drug-likeness (QED) is 0.760. The zero-order chi connectivity index (χ0) is 19.8. The van der Waals surface area contributed by atoms with Crippen LogP contribution in [0.4, 0.5) is 17.1 Å². The van der Waals surface area contributed by atoms with Gasteiger partial charge in [0.25, 0.3) is 0 Å². The van der Waals surface area contributed by atoms with E-state index in [4.69, 9.17) is 0 Å². The Morgan fingerprint density at radius 1 is 0.926 bits per heavy atom. The Hall–Kier alpha value is -2.82. The third-order valence-corrected chi connectivity index (χ3v) is 4.65. The molecule has 1 N–H and O–H groups in total. The Morgan fingerprint density at radius 3 is 2.07 bits per heavy atom. The van der Waals surface area contributed by atoms with E-state index in [1.54, 1.807) is 4.90 Å². The number of benzene rings is 2. The summed E-state index contributed by atoms with van der Waals surface area (Å²) in [5, 5.41) is 2.91. The van der Waals surface area contributed by atoms with Crippen LogP contribution in [0.15, 0.2) is 48.5 Å². The first-order valence-corrected chi connectivity index (χ1v) is 9.44. The van der Waals surface area contributed by atoms with Crippen molar-refractivity contribution in [3.05, 3.63) is 54.1 Å². The highest BCUT2D eigenvalue weighted by Gasteiger charge is 2.14. The van der Waals surface area contributed by atoms with Gasteiger partial charge in [-0.2, -0.15) is 0 Å². The molecule has 2 rings (SSSR count). The molecule has 0 saturated heterocycles. The average Bonchev–Trinajstić information content (AvgIpc) is 2.65. The van der Waals surface area contributed by atoms with Gasteiger partial charge < -0.3 is 15.1 Å². The van der Waals surface area contributed by atoms with Crippen molar-refractivity contribution < 1.29 is 9.59 Å². The van der Waals surface area contributed by atoms with E-state index in [9.17, 15) is 9.59 Å². The average molecular weight is 367 g/mol. The number of nitrogens with one attached hydrogen (secondary N) is 1. The molecular formula is C22H29N3O2. The standard InChI is InChI=1S/C22H29N3O2/c1-5-24(6-2)19-11-13-20(14-12-19)25(18(4)26)16-15-22(27)23-21-10-8-7-9-17(21)3/h7-14H,5-6,15-16H2,1-4H3,(H,23,27). The minimum atomic E-state index is -0.102. The van der Waals surface area contributed by atoms with Crippen LogP contribution in [0.3, 0.4) is 0 Å². The molecular weight excluding hydrogens is 338 g/mol. The van der Waals surface area contributed by atoms with E-state index in [2.05, 4.69) is 24.1 Å². The second-order valence-corrected chi connectivity index (χ2v) is 6.47. The minimum absolute atomic E-state index is 0.0747. The van der Waals surface area contributed by atoms with Gasteiger partial charge in [0.05, 0.1) is 0 Å². The molecule has 27 heavy (non-hydrogen) atoms. The van der Waals surface area contributed by atoms with E-state index < -0.39 is 0 Å². The number of hydrogen-bond donors (Lipinski definition) is 1. The number of anilines is 3. The maximum Gasteiger partial charge on any atom is 0.226 e. The Bertz CT molecular complexity index is 767. The van der Waals surface area contributed by atoms with Crippen LogP contribution in [-0.4, -0.2) is 31.4 Å². The largest absolute Gasteiger partial charge is 0.372 e. The summed E-state index contributed by atoms with van der Waals surface area (Å²) in [5.41, 5.74) is 3.76. The summed E-state index contributed by atoms with van der Waals surface area (Å²) < 4.78 is 0. The molecule has 0 aliphatic heterocycles. The summed E-state index contributed by atoms with van der Waals surface area (Å²) >= 11 is 0. The molecule has 2 amide bonds. The van der Waals surface area contributed by atoms with E-state index in [0.29, 0.717) is 6.54 Å². The SMILES string of the molecule is CCN(CC)c1ccc(N(CCC(=O)Nc2ccccc2C)C(C)=O)cc1. The molecule has 144 valence electrons. The molecule has 0 radical (unpaired) electrons.